The Labute approximate surface area is 73.1 Å². The summed E-state index contributed by atoms with van der Waals surface area (Å²) in [6.07, 6.45) is 3.64. The Hall–Kier alpha value is -0.640. The molecule has 0 amide bonds. The average Bonchev–Trinajstić information content (AvgIpc) is 2.38. The highest BCUT2D eigenvalue weighted by Gasteiger charge is 2.18. The van der Waals surface area contributed by atoms with Crippen molar-refractivity contribution in [2.45, 2.75) is 19.1 Å². The molecule has 0 radical (unpaired) electrons. The molecule has 0 saturated carbocycles. The second kappa shape index (κ2) is 3.39. The Kier molecular flexibility index (Phi) is 2.67. The molecule has 0 bridgehead atoms. The lowest BCUT2D eigenvalue weighted by Gasteiger charge is -2.05. The number of rotatable bonds is 3. The summed E-state index contributed by atoms with van der Waals surface area (Å²) in [7, 11) is -2.96. The van der Waals surface area contributed by atoms with Crippen LogP contribution in [0.3, 0.4) is 0 Å². The Balaban J connectivity index is 2.68. The smallest absolute Gasteiger partial charge is 0.158 e. The van der Waals surface area contributed by atoms with Crippen LogP contribution in [0.5, 0.6) is 0 Å². The lowest BCUT2D eigenvalue weighted by atomic mass is 10.4. The molecule has 0 aromatic carbocycles. The second-order valence-electron chi connectivity index (χ2n) is 3.09. The maximum absolute atomic E-state index is 11.4. The van der Waals surface area contributed by atoms with Gasteiger partial charge in [-0.15, -0.1) is 0 Å². The molecule has 0 N–H and O–H groups in total. The maximum atomic E-state index is 11.4. The first-order chi connectivity index (χ1) is 5.52. The van der Waals surface area contributed by atoms with Gasteiger partial charge in [0.1, 0.15) is 0 Å². The second-order valence-corrected chi connectivity index (χ2v) is 5.65. The third-order valence-corrected chi connectivity index (χ3v) is 3.91. The van der Waals surface area contributed by atoms with Crippen LogP contribution in [0.4, 0.5) is 0 Å². The van der Waals surface area contributed by atoms with Crippen LogP contribution in [-0.2, 0) is 9.84 Å². The fraction of sp³-hybridized carbons (Fsp3) is 0.625. The molecule has 4 heteroatoms. The number of aliphatic imine (C=N–C) groups is 1. The minimum absolute atomic E-state index is 0.0845. The van der Waals surface area contributed by atoms with Gasteiger partial charge in [-0.3, -0.25) is 4.99 Å². The monoisotopic (exact) mass is 187 g/mol. The number of allylic oxidation sites excluding steroid dienone is 1. The fourth-order valence-electron chi connectivity index (χ4n) is 0.878. The normalized spacial score (nSPS) is 17.1. The summed E-state index contributed by atoms with van der Waals surface area (Å²) in [5.41, 5.74) is 0.684. The summed E-state index contributed by atoms with van der Waals surface area (Å²) in [5, 5.41) is -0.311. The number of hydrogen-bond donors (Lipinski definition) is 0. The largest absolute Gasteiger partial charge is 0.285 e. The standard InChI is InChI=1S/C8H13NO2S/c1-7(2)12(10,11)6-8-4-3-5-9-8/h3-4,7H,5-6H2,1-2H3. The molecule has 12 heavy (non-hydrogen) atoms. The molecule has 0 spiro atoms. The van der Waals surface area contributed by atoms with Crippen LogP contribution < -0.4 is 0 Å². The number of nitrogens with zero attached hydrogens (tertiary/aromatic N) is 1. The molecule has 0 saturated heterocycles. The van der Waals surface area contributed by atoms with Gasteiger partial charge >= 0.3 is 0 Å². The zero-order valence-corrected chi connectivity index (χ0v) is 8.13. The highest BCUT2D eigenvalue weighted by molar-refractivity contribution is 7.92. The Morgan fingerprint density at radius 1 is 1.58 bits per heavy atom. The van der Waals surface area contributed by atoms with E-state index in [-0.39, 0.29) is 11.0 Å². The summed E-state index contributed by atoms with van der Waals surface area (Å²) in [5.74, 6) is 0.0845. The van der Waals surface area contributed by atoms with E-state index >= 15 is 0 Å². The summed E-state index contributed by atoms with van der Waals surface area (Å²) in [4.78, 5) is 4.03. The molecule has 1 aliphatic heterocycles. The van der Waals surface area contributed by atoms with Crippen molar-refractivity contribution in [1.29, 1.82) is 0 Å². The van der Waals surface area contributed by atoms with Gasteiger partial charge in [-0.25, -0.2) is 8.42 Å². The summed E-state index contributed by atoms with van der Waals surface area (Å²) in [6.45, 7) is 4.01. The Morgan fingerprint density at radius 2 is 2.25 bits per heavy atom. The van der Waals surface area contributed by atoms with Crippen LogP contribution in [0.25, 0.3) is 0 Å². The van der Waals surface area contributed by atoms with E-state index in [0.717, 1.165) is 0 Å². The lowest BCUT2D eigenvalue weighted by Crippen LogP contribution is -2.22. The van der Waals surface area contributed by atoms with Gasteiger partial charge in [-0.05, 0) is 19.9 Å². The van der Waals surface area contributed by atoms with E-state index in [1.165, 1.54) is 0 Å². The van der Waals surface area contributed by atoms with Gasteiger partial charge in [0.15, 0.2) is 9.84 Å². The first kappa shape index (κ1) is 9.45. The van der Waals surface area contributed by atoms with Crippen molar-refractivity contribution in [1.82, 2.24) is 0 Å². The molecule has 1 rings (SSSR count). The van der Waals surface area contributed by atoms with Crippen LogP contribution in [0.15, 0.2) is 17.1 Å². The van der Waals surface area contributed by atoms with Crippen LogP contribution in [0.1, 0.15) is 13.8 Å². The first-order valence-corrected chi connectivity index (χ1v) is 5.65. The van der Waals surface area contributed by atoms with Gasteiger partial charge in [-0.2, -0.15) is 0 Å². The molecule has 3 nitrogen and oxygen atoms in total. The Morgan fingerprint density at radius 3 is 2.67 bits per heavy atom. The van der Waals surface area contributed by atoms with Crippen LogP contribution in [-0.4, -0.2) is 31.7 Å². The van der Waals surface area contributed by atoms with Gasteiger partial charge in [0.2, 0.25) is 0 Å². The third-order valence-electron chi connectivity index (χ3n) is 1.78. The minimum atomic E-state index is -2.96. The van der Waals surface area contributed by atoms with Crippen molar-refractivity contribution in [2.75, 3.05) is 12.3 Å². The van der Waals surface area contributed by atoms with Gasteiger partial charge in [0, 0.05) is 5.71 Å². The van der Waals surface area contributed by atoms with Gasteiger partial charge in [0.25, 0.3) is 0 Å². The molecule has 0 fully saturated rings. The zero-order chi connectivity index (χ0) is 9.19. The van der Waals surface area contributed by atoms with Crippen LogP contribution in [0.2, 0.25) is 0 Å². The molecule has 0 aromatic heterocycles. The highest BCUT2D eigenvalue weighted by atomic mass is 32.2. The molecule has 0 atom stereocenters. The van der Waals surface area contributed by atoms with Crippen molar-refractivity contribution >= 4 is 15.5 Å². The van der Waals surface area contributed by atoms with Crippen molar-refractivity contribution < 1.29 is 8.42 Å². The van der Waals surface area contributed by atoms with Crippen molar-refractivity contribution in [3.63, 3.8) is 0 Å². The van der Waals surface area contributed by atoms with E-state index < -0.39 is 9.84 Å². The molecular weight excluding hydrogens is 174 g/mol. The van der Waals surface area contributed by atoms with E-state index in [4.69, 9.17) is 0 Å². The molecule has 0 unspecified atom stereocenters. The van der Waals surface area contributed by atoms with Crippen molar-refractivity contribution in [3.05, 3.63) is 12.2 Å². The van der Waals surface area contributed by atoms with E-state index in [1.54, 1.807) is 19.9 Å². The zero-order valence-electron chi connectivity index (χ0n) is 7.32. The average molecular weight is 187 g/mol. The molecule has 0 aromatic rings. The van der Waals surface area contributed by atoms with Gasteiger partial charge in [0.05, 0.1) is 17.5 Å². The van der Waals surface area contributed by atoms with E-state index in [9.17, 15) is 8.42 Å². The predicted molar refractivity (Wildman–Crippen MR) is 50.4 cm³/mol. The SMILES string of the molecule is CC(C)S(=O)(=O)CC1=NCC=C1. The highest BCUT2D eigenvalue weighted by Crippen LogP contribution is 2.04. The van der Waals surface area contributed by atoms with Crippen LogP contribution >= 0.6 is 0 Å². The van der Waals surface area contributed by atoms with E-state index in [2.05, 4.69) is 4.99 Å². The first-order valence-electron chi connectivity index (χ1n) is 3.94. The summed E-state index contributed by atoms with van der Waals surface area (Å²) >= 11 is 0. The molecule has 0 aliphatic carbocycles. The topological polar surface area (TPSA) is 46.5 Å². The fourth-order valence-corrected chi connectivity index (χ4v) is 1.81. The number of sulfone groups is 1. The predicted octanol–water partition coefficient (Wildman–Crippen LogP) is 0.820. The molecule has 1 heterocycles. The molecule has 1 aliphatic rings. The van der Waals surface area contributed by atoms with Crippen molar-refractivity contribution in [3.8, 4) is 0 Å². The minimum Gasteiger partial charge on any atom is -0.285 e. The lowest BCUT2D eigenvalue weighted by molar-refractivity contribution is 0.591. The Bertz CT molecular complexity index is 312. The van der Waals surface area contributed by atoms with Gasteiger partial charge < -0.3 is 0 Å². The van der Waals surface area contributed by atoms with Gasteiger partial charge in [-0.1, -0.05) is 6.08 Å². The molecular formula is C8H13NO2S. The summed E-state index contributed by atoms with van der Waals surface area (Å²) in [6, 6.07) is 0. The quantitative estimate of drug-likeness (QED) is 0.656. The van der Waals surface area contributed by atoms with E-state index in [0.29, 0.717) is 12.3 Å². The summed E-state index contributed by atoms with van der Waals surface area (Å²) < 4.78 is 22.7. The molecule has 68 valence electrons. The number of hydrogen-bond acceptors (Lipinski definition) is 3. The van der Waals surface area contributed by atoms with E-state index in [1.807, 2.05) is 6.08 Å². The maximum Gasteiger partial charge on any atom is 0.158 e. The third kappa shape index (κ3) is 2.17. The van der Waals surface area contributed by atoms with Crippen molar-refractivity contribution in [2.24, 2.45) is 4.99 Å². The van der Waals surface area contributed by atoms with Crippen LogP contribution in [0, 0.1) is 0 Å².